The van der Waals surface area contributed by atoms with E-state index in [1.165, 1.54) is 0 Å². The molecular formula is C20H22N2O2. The molecule has 0 aliphatic rings. The summed E-state index contributed by atoms with van der Waals surface area (Å²) in [5, 5.41) is 0. The number of rotatable bonds is 4. The van der Waals surface area contributed by atoms with Gasteiger partial charge in [-0.2, -0.15) is 0 Å². The van der Waals surface area contributed by atoms with Crippen molar-refractivity contribution in [2.45, 2.75) is 33.2 Å². The van der Waals surface area contributed by atoms with Crippen LogP contribution in [0.5, 0.6) is 0 Å². The van der Waals surface area contributed by atoms with E-state index < -0.39 is 0 Å². The van der Waals surface area contributed by atoms with Crippen molar-refractivity contribution >= 4 is 5.91 Å². The number of nitrogens with one attached hydrogen (secondary N) is 1. The number of benzene rings is 1. The van der Waals surface area contributed by atoms with Gasteiger partial charge in [0, 0.05) is 17.3 Å². The lowest BCUT2D eigenvalue weighted by Crippen LogP contribution is -2.41. The smallest absolute Gasteiger partial charge is 0.260 e. The number of H-pyrrole nitrogens is 1. The van der Waals surface area contributed by atoms with Gasteiger partial charge in [0.25, 0.3) is 11.5 Å². The van der Waals surface area contributed by atoms with Crippen LogP contribution in [0.25, 0.3) is 0 Å². The monoisotopic (exact) mass is 322 g/mol. The van der Waals surface area contributed by atoms with E-state index >= 15 is 0 Å². The van der Waals surface area contributed by atoms with Crippen LogP contribution in [0.2, 0.25) is 0 Å². The second kappa shape index (κ2) is 8.16. The molecule has 24 heavy (non-hydrogen) atoms. The third-order valence-corrected chi connectivity index (χ3v) is 3.93. The van der Waals surface area contributed by atoms with Crippen LogP contribution in [-0.4, -0.2) is 28.4 Å². The highest BCUT2D eigenvalue weighted by Gasteiger charge is 2.21. The zero-order chi connectivity index (χ0) is 17.5. The molecule has 0 aliphatic carbocycles. The molecule has 2 aromatic rings. The lowest BCUT2D eigenvalue weighted by molar-refractivity contribution is 0.0714. The average molecular weight is 322 g/mol. The van der Waals surface area contributed by atoms with Crippen molar-refractivity contribution in [2.75, 3.05) is 6.54 Å². The summed E-state index contributed by atoms with van der Waals surface area (Å²) < 4.78 is 0. The van der Waals surface area contributed by atoms with E-state index in [2.05, 4.69) is 16.8 Å². The molecule has 0 fully saturated rings. The number of nitrogens with zero attached hydrogens (tertiary/aromatic N) is 1. The zero-order valence-corrected chi connectivity index (χ0v) is 14.3. The van der Waals surface area contributed by atoms with Crippen molar-refractivity contribution in [3.63, 3.8) is 0 Å². The number of carbonyl (C=O) groups is 1. The maximum absolute atomic E-state index is 12.8. The Kier molecular flexibility index (Phi) is 5.97. The van der Waals surface area contributed by atoms with Crippen molar-refractivity contribution in [3.8, 4) is 11.8 Å². The van der Waals surface area contributed by atoms with Crippen molar-refractivity contribution in [1.82, 2.24) is 9.88 Å². The van der Waals surface area contributed by atoms with E-state index in [1.54, 1.807) is 24.0 Å². The molecule has 1 heterocycles. The Morgan fingerprint density at radius 1 is 1.21 bits per heavy atom. The molecule has 0 spiro atoms. The summed E-state index contributed by atoms with van der Waals surface area (Å²) in [5.41, 5.74) is 1.43. The van der Waals surface area contributed by atoms with Gasteiger partial charge in [-0.3, -0.25) is 9.59 Å². The first-order valence-corrected chi connectivity index (χ1v) is 8.07. The Bertz CT molecular complexity index is 813. The van der Waals surface area contributed by atoms with E-state index in [0.717, 1.165) is 17.7 Å². The number of pyridine rings is 1. The van der Waals surface area contributed by atoms with Crippen LogP contribution in [0.15, 0.2) is 47.3 Å². The number of amides is 1. The Balaban J connectivity index is 2.24. The summed E-state index contributed by atoms with van der Waals surface area (Å²) in [5.74, 6) is 5.81. The van der Waals surface area contributed by atoms with Crippen LogP contribution in [0.1, 0.15) is 41.9 Å². The van der Waals surface area contributed by atoms with Gasteiger partial charge in [0.1, 0.15) is 5.56 Å². The highest BCUT2D eigenvalue weighted by atomic mass is 16.2. The van der Waals surface area contributed by atoms with E-state index in [9.17, 15) is 9.59 Å². The van der Waals surface area contributed by atoms with E-state index in [-0.39, 0.29) is 29.6 Å². The van der Waals surface area contributed by atoms with Gasteiger partial charge in [-0.15, -0.1) is 0 Å². The second-order valence-corrected chi connectivity index (χ2v) is 5.74. The molecule has 0 saturated carbocycles. The topological polar surface area (TPSA) is 53.2 Å². The molecule has 0 aliphatic heterocycles. The summed E-state index contributed by atoms with van der Waals surface area (Å²) in [6.45, 7) is 6.04. The second-order valence-electron chi connectivity index (χ2n) is 5.74. The van der Waals surface area contributed by atoms with Gasteiger partial charge in [0.2, 0.25) is 0 Å². The molecule has 0 saturated heterocycles. The molecule has 1 N–H and O–H groups in total. The zero-order valence-electron chi connectivity index (χ0n) is 14.3. The van der Waals surface area contributed by atoms with Crippen LogP contribution in [0.4, 0.5) is 0 Å². The van der Waals surface area contributed by atoms with Gasteiger partial charge in [-0.1, -0.05) is 37.0 Å². The van der Waals surface area contributed by atoms with Crippen LogP contribution >= 0.6 is 0 Å². The molecule has 2 rings (SSSR count). The first-order chi connectivity index (χ1) is 11.5. The first kappa shape index (κ1) is 17.6. The Morgan fingerprint density at radius 2 is 1.92 bits per heavy atom. The third-order valence-electron chi connectivity index (χ3n) is 3.93. The minimum atomic E-state index is -0.357. The van der Waals surface area contributed by atoms with Crippen molar-refractivity contribution in [2.24, 2.45) is 0 Å². The summed E-state index contributed by atoms with van der Waals surface area (Å²) in [6.07, 6.45) is 0.794. The number of aromatic nitrogens is 1. The van der Waals surface area contributed by atoms with Crippen molar-refractivity contribution in [3.05, 3.63) is 69.6 Å². The average Bonchev–Trinajstić information content (AvgIpc) is 2.58. The highest BCUT2D eigenvalue weighted by molar-refractivity contribution is 5.94. The predicted octanol–water partition coefficient (Wildman–Crippen LogP) is 2.98. The molecule has 4 heteroatoms. The fraction of sp³-hybridized carbons (Fsp3) is 0.300. The summed E-state index contributed by atoms with van der Waals surface area (Å²) in [6, 6.07) is 12.9. The normalized spacial score (nSPS) is 11.3. The Hall–Kier alpha value is -2.80. The molecule has 1 aromatic heterocycles. The fourth-order valence-corrected chi connectivity index (χ4v) is 2.29. The predicted molar refractivity (Wildman–Crippen MR) is 95.9 cm³/mol. The Labute approximate surface area is 142 Å². The highest BCUT2D eigenvalue weighted by Crippen LogP contribution is 2.08. The van der Waals surface area contributed by atoms with E-state index in [1.807, 2.05) is 44.2 Å². The summed E-state index contributed by atoms with van der Waals surface area (Å²) in [7, 11) is 0. The molecule has 1 atom stereocenters. The van der Waals surface area contributed by atoms with E-state index in [4.69, 9.17) is 0 Å². The minimum Gasteiger partial charge on any atom is -0.326 e. The van der Waals surface area contributed by atoms with Gasteiger partial charge in [0.15, 0.2) is 0 Å². The van der Waals surface area contributed by atoms with Gasteiger partial charge in [-0.05, 0) is 44.5 Å². The maximum Gasteiger partial charge on any atom is 0.260 e. The largest absolute Gasteiger partial charge is 0.326 e. The first-order valence-electron chi connectivity index (χ1n) is 8.07. The SMILES string of the molecule is CC[C@H](C)N(CC#Cc1ccccc1)C(=O)c1ccc(C)[nH]c1=O. The molecule has 1 amide bonds. The van der Waals surface area contributed by atoms with Crippen LogP contribution < -0.4 is 5.56 Å². The number of hydrogen-bond acceptors (Lipinski definition) is 2. The molecule has 4 nitrogen and oxygen atoms in total. The summed E-state index contributed by atoms with van der Waals surface area (Å²) >= 11 is 0. The fourth-order valence-electron chi connectivity index (χ4n) is 2.29. The van der Waals surface area contributed by atoms with Gasteiger partial charge < -0.3 is 9.88 Å². The lowest BCUT2D eigenvalue weighted by Gasteiger charge is -2.26. The molecule has 0 unspecified atom stereocenters. The third kappa shape index (κ3) is 4.36. The lowest BCUT2D eigenvalue weighted by atomic mass is 10.1. The molecule has 0 bridgehead atoms. The molecule has 1 aromatic carbocycles. The van der Waals surface area contributed by atoms with Crippen molar-refractivity contribution < 1.29 is 4.79 Å². The summed E-state index contributed by atoms with van der Waals surface area (Å²) in [4.78, 5) is 29.1. The van der Waals surface area contributed by atoms with Gasteiger partial charge in [0.05, 0.1) is 6.54 Å². The maximum atomic E-state index is 12.8. The molecule has 124 valence electrons. The van der Waals surface area contributed by atoms with Crippen LogP contribution in [-0.2, 0) is 0 Å². The number of aromatic amines is 1. The quantitative estimate of drug-likeness (QED) is 0.880. The number of aryl methyl sites for hydroxylation is 1. The molecular weight excluding hydrogens is 300 g/mol. The minimum absolute atomic E-state index is 0.00303. The Morgan fingerprint density at radius 3 is 2.54 bits per heavy atom. The van der Waals surface area contributed by atoms with Crippen LogP contribution in [0, 0.1) is 18.8 Å². The van der Waals surface area contributed by atoms with Crippen molar-refractivity contribution in [1.29, 1.82) is 0 Å². The number of hydrogen-bond donors (Lipinski definition) is 1. The van der Waals surface area contributed by atoms with Crippen LogP contribution in [0.3, 0.4) is 0 Å². The standard InChI is InChI=1S/C20H22N2O2/c1-4-16(3)22(14-8-11-17-9-6-5-7-10-17)20(24)18-13-12-15(2)21-19(18)23/h5-7,9-10,12-13,16H,4,14H2,1-3H3,(H,21,23)/t16-/m0/s1. The van der Waals surface area contributed by atoms with Gasteiger partial charge in [-0.25, -0.2) is 0 Å². The van der Waals surface area contributed by atoms with Gasteiger partial charge >= 0.3 is 0 Å². The van der Waals surface area contributed by atoms with E-state index in [0.29, 0.717) is 0 Å². The molecule has 0 radical (unpaired) electrons. The number of carbonyl (C=O) groups excluding carboxylic acids is 1.